The summed E-state index contributed by atoms with van der Waals surface area (Å²) in [5, 5.41) is 15.4. The molecule has 0 saturated carbocycles. The fourth-order valence-electron chi connectivity index (χ4n) is 3.26. The minimum Gasteiger partial charge on any atom is -0.480 e. The van der Waals surface area contributed by atoms with Gasteiger partial charge in [0.25, 0.3) is 0 Å². The quantitative estimate of drug-likeness (QED) is 0.414. The maximum Gasteiger partial charge on any atom is 0.408 e. The lowest BCUT2D eigenvalue weighted by molar-refractivity contribution is -0.144. The lowest BCUT2D eigenvalue weighted by Gasteiger charge is -2.36. The van der Waals surface area contributed by atoms with Crippen LogP contribution in [0.25, 0.3) is 0 Å². The molecule has 0 bridgehead atoms. The van der Waals surface area contributed by atoms with Crippen LogP contribution in [0.2, 0.25) is 0 Å². The molecule has 25 heavy (non-hydrogen) atoms. The Kier molecular flexibility index (Phi) is 6.76. The molecule has 0 radical (unpaired) electrons. The van der Waals surface area contributed by atoms with Gasteiger partial charge in [0.05, 0.1) is 11.0 Å². The lowest BCUT2D eigenvalue weighted by atomic mass is 9.78. The fraction of sp³-hybridized carbons (Fsp3) is 0.667. The Morgan fingerprint density at radius 3 is 2.12 bits per heavy atom. The Morgan fingerprint density at radius 1 is 1.20 bits per heavy atom. The first-order valence-corrected chi connectivity index (χ1v) is 11.4. The molecule has 1 heterocycles. The molecule has 0 aromatic rings. The molecule has 9 nitrogen and oxygen atoms in total. The molecule has 0 unspecified atom stereocenters. The van der Waals surface area contributed by atoms with Gasteiger partial charge in [-0.25, -0.2) is 26.4 Å². The number of sulfone groups is 2. The summed E-state index contributed by atoms with van der Waals surface area (Å²) in [6.45, 7) is 2.70. The highest BCUT2D eigenvalue weighted by atomic mass is 35.5. The van der Waals surface area contributed by atoms with Gasteiger partial charge in [-0.15, -0.1) is 29.8 Å². The minimum atomic E-state index is -4.20. The van der Waals surface area contributed by atoms with Crippen LogP contribution in [0.3, 0.4) is 0 Å². The van der Waals surface area contributed by atoms with Crippen molar-refractivity contribution in [3.05, 3.63) is 12.7 Å². The molecule has 0 aromatic carbocycles. The van der Waals surface area contributed by atoms with Gasteiger partial charge in [0.1, 0.15) is 16.5 Å². The van der Waals surface area contributed by atoms with Crippen LogP contribution in [0, 0.1) is 5.41 Å². The molecule has 0 spiro atoms. The van der Waals surface area contributed by atoms with Crippen molar-refractivity contribution in [2.75, 3.05) is 22.7 Å². The van der Waals surface area contributed by atoms with Crippen molar-refractivity contribution in [3.63, 3.8) is 0 Å². The van der Waals surface area contributed by atoms with Crippen LogP contribution in [0.5, 0.6) is 0 Å². The highest BCUT2D eigenvalue weighted by molar-refractivity contribution is 7.94. The molecule has 1 aliphatic rings. The second-order valence-electron chi connectivity index (χ2n) is 5.66. The standard InChI is InChI=1S/C12H17Cl2NO8S2/c1-2-3-12(5-24(20,21)6-13)8(25(22,23)7-14)4-15(11(18)19)9(12)10(16)17/h2,8-9H,1,3-7H2,(H,16,17)(H,18,19)/t8-,9-,12+/m1/s1. The minimum absolute atomic E-state index is 0.370. The summed E-state index contributed by atoms with van der Waals surface area (Å²) < 4.78 is 49.0. The molecule has 144 valence electrons. The summed E-state index contributed by atoms with van der Waals surface area (Å²) in [5.74, 6) is -2.60. The zero-order valence-electron chi connectivity index (χ0n) is 12.8. The molecule has 13 heteroatoms. The predicted molar refractivity (Wildman–Crippen MR) is 91.3 cm³/mol. The van der Waals surface area contributed by atoms with Gasteiger partial charge in [0.2, 0.25) is 0 Å². The second-order valence-corrected chi connectivity index (χ2v) is 11.1. The van der Waals surface area contributed by atoms with Crippen molar-refractivity contribution in [1.29, 1.82) is 0 Å². The zero-order valence-corrected chi connectivity index (χ0v) is 16.0. The first-order chi connectivity index (χ1) is 11.4. The Labute approximate surface area is 155 Å². The van der Waals surface area contributed by atoms with E-state index in [9.17, 15) is 36.6 Å². The van der Waals surface area contributed by atoms with E-state index in [1.54, 1.807) is 0 Å². The summed E-state index contributed by atoms with van der Waals surface area (Å²) in [6, 6.07) is -1.91. The Hall–Kier alpha value is -1.04. The third kappa shape index (κ3) is 4.21. The zero-order chi connectivity index (χ0) is 19.6. The smallest absolute Gasteiger partial charge is 0.408 e. The molecule has 0 aliphatic carbocycles. The van der Waals surface area contributed by atoms with Crippen molar-refractivity contribution in [1.82, 2.24) is 4.90 Å². The van der Waals surface area contributed by atoms with Crippen LogP contribution in [0.1, 0.15) is 6.42 Å². The third-order valence-electron chi connectivity index (χ3n) is 4.10. The average molecular weight is 438 g/mol. The van der Waals surface area contributed by atoms with Crippen molar-refractivity contribution >= 4 is 54.9 Å². The molecule has 1 saturated heterocycles. The number of allylic oxidation sites excluding steroid dienone is 1. The number of alkyl halides is 2. The summed E-state index contributed by atoms with van der Waals surface area (Å²) >= 11 is 10.8. The number of hydrogen-bond acceptors (Lipinski definition) is 6. The van der Waals surface area contributed by atoms with Gasteiger partial charge in [-0.2, -0.15) is 0 Å². The number of likely N-dealkylation sites (tertiary alicyclic amines) is 1. The number of amides is 1. The molecular formula is C12H17Cl2NO8S2. The average Bonchev–Trinajstić information content (AvgIpc) is 2.82. The molecule has 1 amide bonds. The van der Waals surface area contributed by atoms with Crippen LogP contribution in [-0.4, -0.2) is 78.0 Å². The van der Waals surface area contributed by atoms with Crippen molar-refractivity contribution in [3.8, 4) is 0 Å². The van der Waals surface area contributed by atoms with E-state index >= 15 is 0 Å². The number of hydrogen-bond donors (Lipinski definition) is 2. The number of rotatable bonds is 8. The van der Waals surface area contributed by atoms with Gasteiger partial charge in [-0.3, -0.25) is 4.90 Å². The van der Waals surface area contributed by atoms with E-state index in [1.165, 1.54) is 0 Å². The molecule has 1 fully saturated rings. The topological polar surface area (TPSA) is 146 Å². The highest BCUT2D eigenvalue weighted by Crippen LogP contribution is 2.46. The van der Waals surface area contributed by atoms with Gasteiger partial charge >= 0.3 is 12.1 Å². The molecule has 3 atom stereocenters. The number of halogens is 2. The SMILES string of the molecule is C=CC[C@]1(CS(=O)(=O)CCl)[C@H](S(=O)(=O)CCl)CN(C(=O)O)[C@@H]1C(=O)O. The lowest BCUT2D eigenvalue weighted by Crippen LogP contribution is -2.53. The van der Waals surface area contributed by atoms with Crippen molar-refractivity contribution < 1.29 is 36.6 Å². The van der Waals surface area contributed by atoms with Crippen molar-refractivity contribution in [2.45, 2.75) is 17.7 Å². The largest absolute Gasteiger partial charge is 0.480 e. The maximum absolute atomic E-state index is 12.4. The van der Waals surface area contributed by atoms with E-state index in [4.69, 9.17) is 23.2 Å². The van der Waals surface area contributed by atoms with Gasteiger partial charge in [-0.05, 0) is 6.42 Å². The normalized spacial score (nSPS) is 27.2. The Bertz CT molecular complexity index is 766. The maximum atomic E-state index is 12.4. The van der Waals surface area contributed by atoms with Crippen LogP contribution >= 0.6 is 23.2 Å². The molecule has 1 aliphatic heterocycles. The van der Waals surface area contributed by atoms with E-state index in [0.29, 0.717) is 4.90 Å². The first-order valence-electron chi connectivity index (χ1n) is 6.75. The van der Waals surface area contributed by atoms with E-state index in [-0.39, 0.29) is 6.42 Å². The number of aliphatic carboxylic acids is 1. The predicted octanol–water partition coefficient (Wildman–Crippen LogP) is 0.587. The fourth-order valence-corrected chi connectivity index (χ4v) is 6.99. The Morgan fingerprint density at radius 2 is 1.76 bits per heavy atom. The van der Waals surface area contributed by atoms with Gasteiger partial charge in [-0.1, -0.05) is 6.08 Å². The van der Waals surface area contributed by atoms with Crippen molar-refractivity contribution in [2.24, 2.45) is 5.41 Å². The number of carbonyl (C=O) groups is 2. The van der Waals surface area contributed by atoms with E-state index < -0.39 is 71.2 Å². The molecule has 1 rings (SSSR count). The van der Waals surface area contributed by atoms with Gasteiger partial charge in [0, 0.05) is 12.0 Å². The molecule has 0 aromatic heterocycles. The summed E-state index contributed by atoms with van der Waals surface area (Å²) in [6.07, 6.45) is -0.900. The first kappa shape index (κ1) is 22.0. The molecule has 2 N–H and O–H groups in total. The number of carboxylic acid groups (broad SMARTS) is 2. The summed E-state index contributed by atoms with van der Waals surface area (Å²) in [7, 11) is -8.27. The third-order valence-corrected chi connectivity index (χ3v) is 9.11. The highest BCUT2D eigenvalue weighted by Gasteiger charge is 2.63. The monoisotopic (exact) mass is 437 g/mol. The Balaban J connectivity index is 3.76. The van der Waals surface area contributed by atoms with E-state index in [0.717, 1.165) is 6.08 Å². The summed E-state index contributed by atoms with van der Waals surface area (Å²) in [5.41, 5.74) is -1.99. The van der Waals surface area contributed by atoms with Crippen LogP contribution in [0.4, 0.5) is 4.79 Å². The second kappa shape index (κ2) is 7.68. The number of nitrogens with zero attached hydrogens (tertiary/aromatic N) is 1. The van der Waals surface area contributed by atoms with Gasteiger partial charge < -0.3 is 10.2 Å². The van der Waals surface area contributed by atoms with Crippen LogP contribution < -0.4 is 0 Å². The van der Waals surface area contributed by atoms with Gasteiger partial charge in [0.15, 0.2) is 19.7 Å². The van der Waals surface area contributed by atoms with E-state index in [2.05, 4.69) is 6.58 Å². The number of carboxylic acids is 1. The van der Waals surface area contributed by atoms with Crippen LogP contribution in [0.15, 0.2) is 12.7 Å². The molecular weight excluding hydrogens is 421 g/mol. The van der Waals surface area contributed by atoms with Crippen LogP contribution in [-0.2, 0) is 24.5 Å². The van der Waals surface area contributed by atoms with E-state index in [1.807, 2.05) is 0 Å². The summed E-state index contributed by atoms with van der Waals surface area (Å²) in [4.78, 5) is 23.6.